The second-order valence-electron chi connectivity index (χ2n) is 0.236. The third-order valence-electron chi connectivity index (χ3n) is 0. The summed E-state index contributed by atoms with van der Waals surface area (Å²) in [6.45, 7) is 3.32. The molecule has 0 aliphatic rings. The summed E-state index contributed by atoms with van der Waals surface area (Å²) in [5.74, 6) is 0. The van der Waals surface area contributed by atoms with Crippen molar-refractivity contribution in [3.63, 3.8) is 0 Å². The Morgan fingerprint density at radius 3 is 1.40 bits per heavy atom. The molecule has 0 heterocycles. The average Bonchev–Trinajstić information content (AvgIpc) is 0.918. The standard InChI is InChI=1S/C2H3.Al.2H2O/c1-2;;;/h1H,2H2;;2*1H2/q;+2;;/p-2. The molecular formula is C2H5AlO2. The molecule has 0 spiro atoms. The molecule has 0 aliphatic carbocycles. The summed E-state index contributed by atoms with van der Waals surface area (Å²) in [4.78, 5) is 1.67. The van der Waals surface area contributed by atoms with Gasteiger partial charge in [-0.2, -0.15) is 0 Å². The van der Waals surface area contributed by atoms with E-state index in [1.54, 1.807) is 4.94 Å². The maximum absolute atomic E-state index is 3.32. The molecule has 5 heavy (non-hydrogen) atoms. The van der Waals surface area contributed by atoms with E-state index < -0.39 is 0 Å². The molecule has 0 aromatic carbocycles. The van der Waals surface area contributed by atoms with Gasteiger partial charge in [0.1, 0.15) is 0 Å². The Hall–Kier alpha value is 0.192. The van der Waals surface area contributed by atoms with Crippen LogP contribution in [0.2, 0.25) is 0 Å². The first-order chi connectivity index (χ1) is 1.41. The molecule has 0 saturated carbocycles. The maximum atomic E-state index is 3.32. The summed E-state index contributed by atoms with van der Waals surface area (Å²) in [6.07, 6.45) is 0. The van der Waals surface area contributed by atoms with Gasteiger partial charge < -0.3 is 11.0 Å². The first kappa shape index (κ1) is 19.0. The van der Waals surface area contributed by atoms with Gasteiger partial charge in [-0.25, -0.2) is 0 Å². The van der Waals surface area contributed by atoms with Crippen molar-refractivity contribution < 1.29 is 11.0 Å². The predicted molar refractivity (Wildman–Crippen MR) is 19.8 cm³/mol. The normalized spacial score (nSPS) is 2.80. The monoisotopic (exact) mass is 88.0 g/mol. The molecule has 3 heteroatoms. The molecule has 28 valence electrons. The van der Waals surface area contributed by atoms with E-state index >= 15 is 0 Å². The van der Waals surface area contributed by atoms with Crippen molar-refractivity contribution in [2.24, 2.45) is 0 Å². The predicted octanol–water partition coefficient (Wildman–Crippen LogP) is -0.0552. The third kappa shape index (κ3) is 544. The van der Waals surface area contributed by atoms with Gasteiger partial charge in [-0.05, 0) is 0 Å². The second kappa shape index (κ2) is 30.0. The van der Waals surface area contributed by atoms with E-state index in [0.717, 1.165) is 0 Å². The molecule has 0 amide bonds. The van der Waals surface area contributed by atoms with Crippen LogP contribution >= 0.6 is 0 Å². The Morgan fingerprint density at radius 1 is 1.40 bits per heavy atom. The van der Waals surface area contributed by atoms with Gasteiger partial charge in [-0.1, -0.05) is 0 Å². The van der Waals surface area contributed by atoms with Crippen LogP contribution in [0.5, 0.6) is 0 Å². The molecule has 0 aromatic heterocycles. The summed E-state index contributed by atoms with van der Waals surface area (Å²) in [7, 11) is 0. The van der Waals surface area contributed by atoms with Crippen LogP contribution < -0.4 is 0 Å². The van der Waals surface area contributed by atoms with Crippen LogP contribution in [-0.2, 0) is 0 Å². The smallest absolute Gasteiger partial charge is 0.870 e. The zero-order chi connectivity index (χ0) is 2.71. The largest absolute Gasteiger partial charge is 0.870 e. The Balaban J connectivity index is -0.0000000200. The molecular weight excluding hydrogens is 83.0 g/mol. The molecule has 0 saturated heterocycles. The van der Waals surface area contributed by atoms with E-state index in [2.05, 4.69) is 22.9 Å². The molecule has 0 rings (SSSR count). The first-order valence-corrected chi connectivity index (χ1v) is 1.41. The number of hydrogen-bond acceptors (Lipinski definition) is 2. The molecule has 0 aliphatic heterocycles. The number of rotatable bonds is 0. The van der Waals surface area contributed by atoms with E-state index in [4.69, 9.17) is 0 Å². The third-order valence-corrected chi connectivity index (χ3v) is 0. The Labute approximate surface area is 39.5 Å². The Bertz CT molecular complexity index is 15.1. The van der Waals surface area contributed by atoms with Crippen molar-refractivity contribution in [1.82, 2.24) is 0 Å². The Morgan fingerprint density at radius 2 is 1.40 bits per heavy atom. The van der Waals surface area contributed by atoms with Crippen LogP contribution in [0.1, 0.15) is 0 Å². The van der Waals surface area contributed by atoms with Gasteiger partial charge in [0.2, 0.25) is 0 Å². The van der Waals surface area contributed by atoms with Crippen molar-refractivity contribution in [1.29, 1.82) is 0 Å². The first-order valence-electron chi connectivity index (χ1n) is 0.742. The fourth-order valence-electron chi connectivity index (χ4n) is 0. The summed E-state index contributed by atoms with van der Waals surface area (Å²) in [6, 6.07) is 0. The van der Waals surface area contributed by atoms with E-state index in [0.29, 0.717) is 0 Å². The van der Waals surface area contributed by atoms with Crippen molar-refractivity contribution in [3.05, 3.63) is 11.5 Å². The molecule has 0 unspecified atom stereocenters. The van der Waals surface area contributed by atoms with Gasteiger partial charge in [0.15, 0.2) is 0 Å². The molecule has 0 aromatic rings. The zero-order valence-corrected chi connectivity index (χ0v) is 3.91. The minimum Gasteiger partial charge on any atom is -0.870 e. The van der Waals surface area contributed by atoms with Crippen molar-refractivity contribution in [3.8, 4) is 0 Å². The molecule has 0 atom stereocenters. The minimum atomic E-state index is 0. The van der Waals surface area contributed by atoms with Crippen LogP contribution in [-0.4, -0.2) is 27.2 Å². The quantitative estimate of drug-likeness (QED) is 0.389. The van der Waals surface area contributed by atoms with E-state index in [-0.39, 0.29) is 11.0 Å². The SMILES string of the molecule is C=[CH][Al+2].[OH-].[OH-]. The summed E-state index contributed by atoms with van der Waals surface area (Å²) in [5, 5.41) is 0. The second-order valence-corrected chi connectivity index (χ2v) is 0.707. The van der Waals surface area contributed by atoms with Crippen LogP contribution in [0.25, 0.3) is 0 Å². The van der Waals surface area contributed by atoms with Crippen molar-refractivity contribution >= 4 is 16.3 Å². The Kier molecular flexibility index (Phi) is 114. The van der Waals surface area contributed by atoms with Crippen LogP contribution in [0.4, 0.5) is 0 Å². The van der Waals surface area contributed by atoms with Crippen molar-refractivity contribution in [2.75, 3.05) is 0 Å². The topological polar surface area (TPSA) is 60.0 Å². The van der Waals surface area contributed by atoms with Gasteiger partial charge in [0, 0.05) is 0 Å². The maximum Gasteiger partial charge on any atom is -0.870 e. The fraction of sp³-hybridized carbons (Fsp3) is 0. The molecule has 2 nitrogen and oxygen atoms in total. The van der Waals surface area contributed by atoms with Gasteiger partial charge in [0.25, 0.3) is 0 Å². The van der Waals surface area contributed by atoms with Gasteiger partial charge >= 0.3 is 27.8 Å². The number of hydrogen-bond donors (Lipinski definition) is 0. The van der Waals surface area contributed by atoms with Crippen LogP contribution in [0, 0.1) is 0 Å². The fourth-order valence-corrected chi connectivity index (χ4v) is 0. The molecule has 0 radical (unpaired) electrons. The van der Waals surface area contributed by atoms with Gasteiger partial charge in [-0.15, -0.1) is 0 Å². The molecule has 2 N–H and O–H groups in total. The zero-order valence-electron chi connectivity index (χ0n) is 2.76. The summed E-state index contributed by atoms with van der Waals surface area (Å²) < 4.78 is 0. The van der Waals surface area contributed by atoms with E-state index in [9.17, 15) is 0 Å². The molecule has 0 bridgehead atoms. The van der Waals surface area contributed by atoms with E-state index in [1.165, 1.54) is 0 Å². The van der Waals surface area contributed by atoms with Crippen molar-refractivity contribution in [2.45, 2.75) is 0 Å². The van der Waals surface area contributed by atoms with Crippen LogP contribution in [0.15, 0.2) is 11.5 Å². The van der Waals surface area contributed by atoms with Gasteiger partial charge in [0.05, 0.1) is 0 Å². The average molecular weight is 88.0 g/mol. The van der Waals surface area contributed by atoms with E-state index in [1.807, 2.05) is 0 Å². The summed E-state index contributed by atoms with van der Waals surface area (Å²) in [5.41, 5.74) is 0. The minimum absolute atomic E-state index is 0. The van der Waals surface area contributed by atoms with Gasteiger partial charge in [-0.3, -0.25) is 0 Å². The molecule has 0 fully saturated rings. The summed E-state index contributed by atoms with van der Waals surface area (Å²) >= 11 is 2.34. The van der Waals surface area contributed by atoms with Crippen LogP contribution in [0.3, 0.4) is 0 Å².